The van der Waals surface area contributed by atoms with Gasteiger partial charge in [0, 0.05) is 0 Å². The van der Waals surface area contributed by atoms with E-state index in [2.05, 4.69) is 0 Å². The Bertz CT molecular complexity index is 511. The molecule has 0 spiro atoms. The number of hydrogen-bond acceptors (Lipinski definition) is 3. The zero-order valence-electron chi connectivity index (χ0n) is 9.33. The highest BCUT2D eigenvalue weighted by Crippen LogP contribution is 2.18. The second kappa shape index (κ2) is 5.50. The summed E-state index contributed by atoms with van der Waals surface area (Å²) in [6, 6.07) is 16.3. The van der Waals surface area contributed by atoms with Gasteiger partial charge in [-0.1, -0.05) is 36.4 Å². The molecule has 0 saturated carbocycles. The molecular formula is C13H12O3S. The number of aryl methyl sites for hydroxylation is 1. The zero-order chi connectivity index (χ0) is 12.1. The maximum Gasteiger partial charge on any atom is 0.417 e. The van der Waals surface area contributed by atoms with Crippen molar-refractivity contribution in [2.75, 3.05) is 0 Å². The molecule has 1 atom stereocenters. The van der Waals surface area contributed by atoms with Crippen LogP contribution in [0.25, 0.3) is 0 Å². The van der Waals surface area contributed by atoms with E-state index >= 15 is 0 Å². The Morgan fingerprint density at radius 1 is 0.882 bits per heavy atom. The van der Waals surface area contributed by atoms with Gasteiger partial charge in [-0.05, 0) is 30.7 Å². The number of para-hydroxylation sites is 2. The van der Waals surface area contributed by atoms with Crippen LogP contribution < -0.4 is 8.37 Å². The van der Waals surface area contributed by atoms with Crippen LogP contribution in [0, 0.1) is 6.92 Å². The lowest BCUT2D eigenvalue weighted by Crippen LogP contribution is -2.08. The van der Waals surface area contributed by atoms with Gasteiger partial charge in [-0.25, -0.2) is 0 Å². The molecule has 0 saturated heterocycles. The van der Waals surface area contributed by atoms with Gasteiger partial charge in [-0.15, -0.1) is 0 Å². The third-order valence-electron chi connectivity index (χ3n) is 2.16. The van der Waals surface area contributed by atoms with Crippen LogP contribution in [0.15, 0.2) is 54.6 Å². The summed E-state index contributed by atoms with van der Waals surface area (Å²) in [6.07, 6.45) is 0. The van der Waals surface area contributed by atoms with Crippen molar-refractivity contribution in [2.24, 2.45) is 0 Å². The summed E-state index contributed by atoms with van der Waals surface area (Å²) in [6.45, 7) is 1.88. The first-order valence-electron chi connectivity index (χ1n) is 5.15. The van der Waals surface area contributed by atoms with E-state index in [1.807, 2.05) is 31.2 Å². The third-order valence-corrected chi connectivity index (χ3v) is 2.80. The number of hydrogen-bond donors (Lipinski definition) is 0. The van der Waals surface area contributed by atoms with E-state index in [9.17, 15) is 4.21 Å². The molecule has 0 fully saturated rings. The Labute approximate surface area is 103 Å². The molecule has 0 amide bonds. The minimum absolute atomic E-state index is 0.513. The van der Waals surface area contributed by atoms with E-state index in [-0.39, 0.29) is 0 Å². The molecule has 2 aromatic rings. The third kappa shape index (κ3) is 3.32. The lowest BCUT2D eigenvalue weighted by atomic mass is 10.2. The fourth-order valence-corrected chi connectivity index (χ4v) is 1.93. The van der Waals surface area contributed by atoms with E-state index in [0.717, 1.165) is 5.56 Å². The molecule has 1 unspecified atom stereocenters. The first-order valence-corrected chi connectivity index (χ1v) is 6.15. The van der Waals surface area contributed by atoms with Crippen LogP contribution in [0.1, 0.15) is 5.56 Å². The summed E-state index contributed by atoms with van der Waals surface area (Å²) in [5.74, 6) is 1.07. The molecular weight excluding hydrogens is 236 g/mol. The van der Waals surface area contributed by atoms with E-state index in [0.29, 0.717) is 11.5 Å². The van der Waals surface area contributed by atoms with Gasteiger partial charge in [0.2, 0.25) is 0 Å². The van der Waals surface area contributed by atoms with E-state index in [1.165, 1.54) is 0 Å². The fraction of sp³-hybridized carbons (Fsp3) is 0.0769. The predicted octanol–water partition coefficient (Wildman–Crippen LogP) is 3.03. The molecule has 4 heteroatoms. The van der Waals surface area contributed by atoms with Crippen molar-refractivity contribution in [3.05, 3.63) is 60.2 Å². The molecule has 0 aromatic heterocycles. The monoisotopic (exact) mass is 248 g/mol. The van der Waals surface area contributed by atoms with Crippen LogP contribution in [0.2, 0.25) is 0 Å². The van der Waals surface area contributed by atoms with Crippen molar-refractivity contribution in [1.82, 2.24) is 0 Å². The van der Waals surface area contributed by atoms with Gasteiger partial charge >= 0.3 is 11.4 Å². The summed E-state index contributed by atoms with van der Waals surface area (Å²) in [4.78, 5) is 0. The molecule has 88 valence electrons. The second-order valence-corrected chi connectivity index (χ2v) is 4.19. The Balaban J connectivity index is 2.01. The molecule has 0 radical (unpaired) electrons. The first-order chi connectivity index (χ1) is 8.25. The molecule has 0 bridgehead atoms. The van der Waals surface area contributed by atoms with Crippen LogP contribution >= 0.6 is 0 Å². The van der Waals surface area contributed by atoms with Crippen molar-refractivity contribution >= 4 is 11.4 Å². The fourth-order valence-electron chi connectivity index (χ4n) is 1.29. The quantitative estimate of drug-likeness (QED) is 0.834. The van der Waals surface area contributed by atoms with Gasteiger partial charge in [0.1, 0.15) is 11.5 Å². The zero-order valence-corrected chi connectivity index (χ0v) is 10.1. The summed E-state index contributed by atoms with van der Waals surface area (Å²) in [5, 5.41) is 0. The molecule has 2 rings (SSSR count). The molecule has 0 heterocycles. The van der Waals surface area contributed by atoms with Crippen LogP contribution in [0.4, 0.5) is 0 Å². The van der Waals surface area contributed by atoms with Gasteiger partial charge in [-0.2, -0.15) is 4.21 Å². The molecule has 2 aromatic carbocycles. The highest BCUT2D eigenvalue weighted by Gasteiger charge is 2.06. The predicted molar refractivity (Wildman–Crippen MR) is 67.0 cm³/mol. The van der Waals surface area contributed by atoms with Crippen molar-refractivity contribution in [2.45, 2.75) is 6.92 Å². The van der Waals surface area contributed by atoms with Crippen molar-refractivity contribution < 1.29 is 12.6 Å². The maximum atomic E-state index is 11.6. The van der Waals surface area contributed by atoms with Gasteiger partial charge in [0.15, 0.2) is 0 Å². The average Bonchev–Trinajstić information content (AvgIpc) is 2.33. The summed E-state index contributed by atoms with van der Waals surface area (Å²) >= 11 is -1.83. The van der Waals surface area contributed by atoms with Gasteiger partial charge in [-0.3, -0.25) is 0 Å². The minimum Gasteiger partial charge on any atom is -0.371 e. The van der Waals surface area contributed by atoms with Crippen molar-refractivity contribution in [1.29, 1.82) is 0 Å². The normalized spacial score (nSPS) is 11.8. The minimum atomic E-state index is -1.83. The molecule has 0 aliphatic heterocycles. The van der Waals surface area contributed by atoms with Crippen molar-refractivity contribution in [3.63, 3.8) is 0 Å². The summed E-state index contributed by atoms with van der Waals surface area (Å²) in [7, 11) is 0. The van der Waals surface area contributed by atoms with E-state index < -0.39 is 11.4 Å². The number of rotatable bonds is 4. The Hall–Kier alpha value is -1.81. The summed E-state index contributed by atoms with van der Waals surface area (Å²) < 4.78 is 21.9. The largest absolute Gasteiger partial charge is 0.417 e. The first kappa shape index (κ1) is 11.7. The van der Waals surface area contributed by atoms with Crippen LogP contribution in [-0.2, 0) is 11.4 Å². The highest BCUT2D eigenvalue weighted by atomic mass is 32.2. The van der Waals surface area contributed by atoms with Gasteiger partial charge in [0.05, 0.1) is 0 Å². The molecule has 0 N–H and O–H groups in total. The Morgan fingerprint density at radius 2 is 1.53 bits per heavy atom. The Kier molecular flexibility index (Phi) is 3.77. The van der Waals surface area contributed by atoms with E-state index in [1.54, 1.807) is 30.3 Å². The van der Waals surface area contributed by atoms with Crippen LogP contribution in [0.3, 0.4) is 0 Å². The highest BCUT2D eigenvalue weighted by molar-refractivity contribution is 7.75. The van der Waals surface area contributed by atoms with Gasteiger partial charge < -0.3 is 8.37 Å². The molecule has 17 heavy (non-hydrogen) atoms. The summed E-state index contributed by atoms with van der Waals surface area (Å²) in [5.41, 5.74) is 0.914. The van der Waals surface area contributed by atoms with E-state index in [4.69, 9.17) is 8.37 Å². The lowest BCUT2D eigenvalue weighted by molar-refractivity contribution is 0.460. The van der Waals surface area contributed by atoms with Crippen LogP contribution in [0.5, 0.6) is 11.5 Å². The average molecular weight is 248 g/mol. The molecule has 0 aliphatic rings. The Morgan fingerprint density at radius 3 is 2.24 bits per heavy atom. The smallest absolute Gasteiger partial charge is 0.371 e. The lowest BCUT2D eigenvalue weighted by Gasteiger charge is -2.07. The molecule has 0 aliphatic carbocycles. The topological polar surface area (TPSA) is 35.5 Å². The van der Waals surface area contributed by atoms with Crippen LogP contribution in [-0.4, -0.2) is 4.21 Å². The standard InChI is InChI=1S/C13H12O3S/c1-11-7-5-6-10-13(11)16-17(14)15-12-8-3-2-4-9-12/h2-10H,1H3. The molecule has 3 nitrogen and oxygen atoms in total. The SMILES string of the molecule is Cc1ccccc1OS(=O)Oc1ccccc1. The van der Waals surface area contributed by atoms with Gasteiger partial charge in [0.25, 0.3) is 0 Å². The second-order valence-electron chi connectivity index (χ2n) is 3.45. The maximum absolute atomic E-state index is 11.6. The number of benzene rings is 2. The van der Waals surface area contributed by atoms with Crippen molar-refractivity contribution in [3.8, 4) is 11.5 Å².